The highest BCUT2D eigenvalue weighted by molar-refractivity contribution is 5.89. The van der Waals surface area contributed by atoms with Crippen LogP contribution >= 0.6 is 0 Å². The van der Waals surface area contributed by atoms with Crippen LogP contribution in [0.1, 0.15) is 24.3 Å². The average molecular weight is 278 g/mol. The maximum absolute atomic E-state index is 12.3. The van der Waals surface area contributed by atoms with Crippen molar-refractivity contribution in [1.29, 1.82) is 0 Å². The van der Waals surface area contributed by atoms with Gasteiger partial charge >= 0.3 is 5.97 Å². The van der Waals surface area contributed by atoms with Crippen molar-refractivity contribution in [2.75, 3.05) is 18.5 Å². The number of anilines is 1. The smallest absolute Gasteiger partial charge is 0.326 e. The molecule has 4 N–H and O–H groups in total. The molecule has 1 aliphatic heterocycles. The molecular formula is C14H18N2O4. The van der Waals surface area contributed by atoms with Crippen molar-refractivity contribution in [2.45, 2.75) is 24.8 Å². The van der Waals surface area contributed by atoms with Crippen molar-refractivity contribution < 1.29 is 19.8 Å². The van der Waals surface area contributed by atoms with Crippen molar-refractivity contribution in [3.8, 4) is 0 Å². The van der Waals surface area contributed by atoms with Gasteiger partial charge in [-0.2, -0.15) is 0 Å². The Morgan fingerprint density at radius 1 is 1.40 bits per heavy atom. The molecule has 6 nitrogen and oxygen atoms in total. The molecule has 2 atom stereocenters. The van der Waals surface area contributed by atoms with Crippen molar-refractivity contribution in [1.82, 2.24) is 5.32 Å². The topological polar surface area (TPSA) is 98.7 Å². The minimum absolute atomic E-state index is 0.00763. The fourth-order valence-corrected chi connectivity index (χ4v) is 2.40. The number of carbonyl (C=O) groups is 2. The molecule has 1 aliphatic rings. The van der Waals surface area contributed by atoms with E-state index in [1.165, 1.54) is 0 Å². The number of benzene rings is 1. The zero-order valence-electron chi connectivity index (χ0n) is 11.0. The Kier molecular flexibility index (Phi) is 4.57. The van der Waals surface area contributed by atoms with Crippen LogP contribution in [0.3, 0.4) is 0 Å². The minimum Gasteiger partial charge on any atom is -0.480 e. The first-order valence-electron chi connectivity index (χ1n) is 6.60. The molecule has 1 heterocycles. The molecule has 2 rings (SSSR count). The number of carboxylic acid groups (broad SMARTS) is 1. The van der Waals surface area contributed by atoms with E-state index in [2.05, 4.69) is 10.6 Å². The number of aliphatic hydroxyl groups excluding tert-OH is 1. The maximum atomic E-state index is 12.3. The largest absolute Gasteiger partial charge is 0.480 e. The van der Waals surface area contributed by atoms with Crippen LogP contribution in [-0.2, 0) is 9.59 Å². The van der Waals surface area contributed by atoms with E-state index in [0.717, 1.165) is 11.3 Å². The zero-order valence-corrected chi connectivity index (χ0v) is 11.0. The van der Waals surface area contributed by atoms with E-state index in [1.54, 1.807) is 0 Å². The second-order valence-corrected chi connectivity index (χ2v) is 4.77. The van der Waals surface area contributed by atoms with Gasteiger partial charge in [-0.25, -0.2) is 4.79 Å². The van der Waals surface area contributed by atoms with Crippen LogP contribution in [0.2, 0.25) is 0 Å². The lowest BCUT2D eigenvalue weighted by Crippen LogP contribution is -2.44. The number of rotatable bonds is 5. The number of aliphatic hydroxyl groups is 1. The zero-order chi connectivity index (χ0) is 14.5. The Morgan fingerprint density at radius 3 is 2.85 bits per heavy atom. The molecule has 0 aromatic heterocycles. The molecule has 0 spiro atoms. The fourth-order valence-electron chi connectivity index (χ4n) is 2.40. The van der Waals surface area contributed by atoms with Gasteiger partial charge in [-0.15, -0.1) is 0 Å². The van der Waals surface area contributed by atoms with Gasteiger partial charge in [0.15, 0.2) is 0 Å². The predicted octanol–water partition coefficient (Wildman–Crippen LogP) is 0.538. The van der Waals surface area contributed by atoms with Gasteiger partial charge in [0.25, 0.3) is 0 Å². The van der Waals surface area contributed by atoms with Crippen LogP contribution < -0.4 is 10.6 Å². The highest BCUT2D eigenvalue weighted by Gasteiger charge is 2.29. The summed E-state index contributed by atoms with van der Waals surface area (Å²) >= 11 is 0. The molecule has 0 fully saturated rings. The van der Waals surface area contributed by atoms with Gasteiger partial charge in [0.2, 0.25) is 5.91 Å². The van der Waals surface area contributed by atoms with Crippen LogP contribution in [-0.4, -0.2) is 41.3 Å². The van der Waals surface area contributed by atoms with Crippen LogP contribution in [0.5, 0.6) is 0 Å². The van der Waals surface area contributed by atoms with E-state index < -0.39 is 12.0 Å². The number of amides is 1. The second-order valence-electron chi connectivity index (χ2n) is 4.77. The fraction of sp³-hybridized carbons (Fsp3) is 0.429. The number of hydrogen-bond donors (Lipinski definition) is 4. The Hall–Kier alpha value is -2.08. The molecule has 1 aromatic carbocycles. The monoisotopic (exact) mass is 278 g/mol. The van der Waals surface area contributed by atoms with E-state index in [0.29, 0.717) is 13.0 Å². The molecular weight excluding hydrogens is 260 g/mol. The van der Waals surface area contributed by atoms with Gasteiger partial charge in [-0.3, -0.25) is 4.79 Å². The molecule has 0 bridgehead atoms. The number of carboxylic acids is 1. The molecule has 0 saturated carbocycles. The first-order chi connectivity index (χ1) is 9.63. The lowest BCUT2D eigenvalue weighted by molar-refractivity contribution is -0.142. The quantitative estimate of drug-likeness (QED) is 0.630. The van der Waals surface area contributed by atoms with Gasteiger partial charge in [-0.1, -0.05) is 18.2 Å². The number of hydrogen-bond acceptors (Lipinski definition) is 4. The Morgan fingerprint density at radius 2 is 2.15 bits per heavy atom. The number of para-hydroxylation sites is 1. The van der Waals surface area contributed by atoms with Gasteiger partial charge in [-0.05, 0) is 18.1 Å². The molecule has 0 saturated heterocycles. The molecule has 1 aromatic rings. The number of nitrogens with one attached hydrogen (secondary N) is 2. The summed E-state index contributed by atoms with van der Waals surface area (Å²) in [5.74, 6) is -1.79. The first kappa shape index (κ1) is 14.3. The summed E-state index contributed by atoms with van der Waals surface area (Å²) in [6.45, 7) is 0.396. The van der Waals surface area contributed by atoms with Gasteiger partial charge < -0.3 is 20.8 Å². The van der Waals surface area contributed by atoms with Crippen molar-refractivity contribution in [3.05, 3.63) is 29.8 Å². The molecule has 0 radical (unpaired) electrons. The highest BCUT2D eigenvalue weighted by atomic mass is 16.4. The van der Waals surface area contributed by atoms with Crippen LogP contribution in [0.15, 0.2) is 24.3 Å². The first-order valence-corrected chi connectivity index (χ1v) is 6.60. The van der Waals surface area contributed by atoms with E-state index in [4.69, 9.17) is 10.2 Å². The summed E-state index contributed by atoms with van der Waals surface area (Å²) in [7, 11) is 0. The van der Waals surface area contributed by atoms with Gasteiger partial charge in [0.1, 0.15) is 6.04 Å². The van der Waals surface area contributed by atoms with E-state index in [-0.39, 0.29) is 24.9 Å². The Balaban J connectivity index is 2.12. The van der Waals surface area contributed by atoms with Crippen molar-refractivity contribution >= 4 is 17.6 Å². The third-order valence-electron chi connectivity index (χ3n) is 3.43. The van der Waals surface area contributed by atoms with Crippen LogP contribution in [0, 0.1) is 0 Å². The summed E-state index contributed by atoms with van der Waals surface area (Å²) in [5, 5.41) is 23.6. The second kappa shape index (κ2) is 6.38. The average Bonchev–Trinajstić information content (AvgIpc) is 2.46. The van der Waals surface area contributed by atoms with Gasteiger partial charge in [0.05, 0.1) is 5.92 Å². The molecule has 108 valence electrons. The summed E-state index contributed by atoms with van der Waals surface area (Å²) in [6.07, 6.45) is 0.627. The minimum atomic E-state index is -1.13. The van der Waals surface area contributed by atoms with E-state index in [9.17, 15) is 9.59 Å². The Labute approximate surface area is 116 Å². The summed E-state index contributed by atoms with van der Waals surface area (Å²) < 4.78 is 0. The number of carbonyl (C=O) groups excluding carboxylic acids is 1. The molecule has 0 aliphatic carbocycles. The summed E-state index contributed by atoms with van der Waals surface area (Å²) in [5.41, 5.74) is 1.79. The normalized spacial score (nSPS) is 18.6. The standard InChI is InChI=1S/C14H18N2O4/c17-8-6-12(14(19)20)16-13(18)10-5-7-15-11-4-2-1-3-9(10)11/h1-4,10,12,15,17H,5-8H2,(H,16,18)(H,19,20)/t10?,12-/m0/s1. The van der Waals surface area contributed by atoms with Gasteiger partial charge in [0, 0.05) is 25.3 Å². The Bertz CT molecular complexity index is 504. The molecule has 1 unspecified atom stereocenters. The van der Waals surface area contributed by atoms with Crippen molar-refractivity contribution in [2.24, 2.45) is 0 Å². The lowest BCUT2D eigenvalue weighted by atomic mass is 9.90. The predicted molar refractivity (Wildman–Crippen MR) is 73.6 cm³/mol. The van der Waals surface area contributed by atoms with E-state index in [1.807, 2.05) is 24.3 Å². The van der Waals surface area contributed by atoms with Crippen molar-refractivity contribution in [3.63, 3.8) is 0 Å². The molecule has 20 heavy (non-hydrogen) atoms. The highest BCUT2D eigenvalue weighted by Crippen LogP contribution is 2.31. The van der Waals surface area contributed by atoms with Crippen LogP contribution in [0.25, 0.3) is 0 Å². The molecule has 1 amide bonds. The third kappa shape index (κ3) is 3.08. The number of aliphatic carboxylic acids is 1. The maximum Gasteiger partial charge on any atom is 0.326 e. The summed E-state index contributed by atoms with van der Waals surface area (Å²) in [4.78, 5) is 23.3. The molecule has 6 heteroatoms. The number of fused-ring (bicyclic) bond motifs is 1. The third-order valence-corrected chi connectivity index (χ3v) is 3.43. The van der Waals surface area contributed by atoms with E-state index >= 15 is 0 Å². The SMILES string of the molecule is O=C(N[C@@H](CCO)C(=O)O)C1CCNc2ccccc21. The van der Waals surface area contributed by atoms with Crippen LogP contribution in [0.4, 0.5) is 5.69 Å². The lowest BCUT2D eigenvalue weighted by Gasteiger charge is -2.27. The summed E-state index contributed by atoms with van der Waals surface area (Å²) in [6, 6.07) is 6.46.